The molecule has 0 fully saturated rings. The van der Waals surface area contributed by atoms with Crippen LogP contribution in [0.4, 0.5) is 11.4 Å². The van der Waals surface area contributed by atoms with Crippen LogP contribution < -0.4 is 10.0 Å². The lowest BCUT2D eigenvalue weighted by Crippen LogP contribution is -2.23. The third-order valence-corrected chi connectivity index (χ3v) is 6.25. The molecule has 1 aromatic heterocycles. The van der Waals surface area contributed by atoms with Gasteiger partial charge in [-0.2, -0.15) is 0 Å². The number of hydrogen-bond donors (Lipinski definition) is 2. The zero-order valence-electron chi connectivity index (χ0n) is 18.2. The van der Waals surface area contributed by atoms with Crippen LogP contribution in [0.1, 0.15) is 27.2 Å². The first-order valence-electron chi connectivity index (χ1n) is 9.91. The maximum atomic E-state index is 12.3. The minimum atomic E-state index is -3.84. The number of carbonyl (C=O) groups is 2. The van der Waals surface area contributed by atoms with Crippen LogP contribution in [0.25, 0.3) is 0 Å². The summed E-state index contributed by atoms with van der Waals surface area (Å²) < 4.78 is 37.1. The van der Waals surface area contributed by atoms with Gasteiger partial charge in [0.1, 0.15) is 11.4 Å². The smallest absolute Gasteiger partial charge is 0.338 e. The Kier molecular flexibility index (Phi) is 7.44. The van der Waals surface area contributed by atoms with Crippen molar-refractivity contribution >= 4 is 33.3 Å². The number of carbonyl (C=O) groups excluding carboxylic acids is 2. The fraction of sp³-hybridized carbons (Fsp3) is 0.182. The molecule has 0 saturated heterocycles. The number of aryl methyl sites for hydroxylation is 2. The molecule has 0 spiro atoms. The number of anilines is 1. The molecule has 2 aromatic carbocycles. The number of nitrogens with zero attached hydrogens (tertiary/aromatic N) is 1. The molecule has 0 aliphatic heterocycles. The topological polar surface area (TPSA) is 158 Å². The number of nitro benzene ring substituents is 1. The molecule has 0 bridgehead atoms. The van der Waals surface area contributed by atoms with E-state index in [0.29, 0.717) is 11.3 Å². The van der Waals surface area contributed by atoms with E-state index in [1.807, 2.05) is 0 Å². The zero-order valence-corrected chi connectivity index (χ0v) is 19.0. The molecule has 0 aliphatic rings. The van der Waals surface area contributed by atoms with Crippen molar-refractivity contribution in [3.63, 3.8) is 0 Å². The van der Waals surface area contributed by atoms with Crippen molar-refractivity contribution in [2.24, 2.45) is 0 Å². The number of benzene rings is 2. The standard InChI is InChI=1S/C22H21N3O8S/c1-14-10-19(20(25(28)29)11-15(14)2)24-21(26)13-33-22(27)16-5-7-18(8-6-16)34(30,31)23-12-17-4-3-9-32-17/h3-11,23H,12-13H2,1-2H3,(H,24,26). The Morgan fingerprint density at radius 1 is 1.09 bits per heavy atom. The number of hydrogen-bond acceptors (Lipinski definition) is 8. The Hall–Kier alpha value is -4.03. The van der Waals surface area contributed by atoms with Crippen LogP contribution in [-0.4, -0.2) is 31.8 Å². The second-order valence-electron chi connectivity index (χ2n) is 7.26. The molecule has 0 atom stereocenters. The number of nitro groups is 1. The first kappa shape index (κ1) is 24.6. The Bertz CT molecular complexity index is 1320. The van der Waals surface area contributed by atoms with E-state index in [9.17, 15) is 28.1 Å². The molecule has 0 aliphatic carbocycles. The first-order valence-corrected chi connectivity index (χ1v) is 11.4. The predicted molar refractivity (Wildman–Crippen MR) is 121 cm³/mol. The maximum absolute atomic E-state index is 12.3. The average molecular weight is 487 g/mol. The summed E-state index contributed by atoms with van der Waals surface area (Å²) >= 11 is 0. The lowest BCUT2D eigenvalue weighted by Gasteiger charge is -2.10. The summed E-state index contributed by atoms with van der Waals surface area (Å²) in [6.45, 7) is 2.73. The van der Waals surface area contributed by atoms with Crippen molar-refractivity contribution < 1.29 is 32.1 Å². The van der Waals surface area contributed by atoms with Crippen LogP contribution in [0.3, 0.4) is 0 Å². The average Bonchev–Trinajstić information content (AvgIpc) is 3.32. The normalized spacial score (nSPS) is 11.1. The monoisotopic (exact) mass is 487 g/mol. The number of nitrogens with one attached hydrogen (secondary N) is 2. The van der Waals surface area contributed by atoms with E-state index in [0.717, 1.165) is 5.56 Å². The van der Waals surface area contributed by atoms with Gasteiger partial charge in [-0.3, -0.25) is 14.9 Å². The van der Waals surface area contributed by atoms with Gasteiger partial charge in [0.05, 0.1) is 28.2 Å². The van der Waals surface area contributed by atoms with Crippen molar-refractivity contribution in [2.75, 3.05) is 11.9 Å². The van der Waals surface area contributed by atoms with Gasteiger partial charge in [0, 0.05) is 6.07 Å². The molecule has 12 heteroatoms. The highest BCUT2D eigenvalue weighted by Crippen LogP contribution is 2.27. The maximum Gasteiger partial charge on any atom is 0.338 e. The molecule has 1 amide bonds. The fourth-order valence-electron chi connectivity index (χ4n) is 2.89. The Balaban J connectivity index is 1.58. The molecule has 0 unspecified atom stereocenters. The van der Waals surface area contributed by atoms with Gasteiger partial charge in [0.25, 0.3) is 11.6 Å². The van der Waals surface area contributed by atoms with Crippen LogP contribution in [0.2, 0.25) is 0 Å². The highest BCUT2D eigenvalue weighted by molar-refractivity contribution is 7.89. The van der Waals surface area contributed by atoms with Crippen LogP contribution in [0.5, 0.6) is 0 Å². The summed E-state index contributed by atoms with van der Waals surface area (Å²) in [5.41, 5.74) is 1.17. The molecular formula is C22H21N3O8S. The summed E-state index contributed by atoms with van der Waals surface area (Å²) in [6, 6.07) is 11.0. The van der Waals surface area contributed by atoms with Crippen LogP contribution in [0, 0.1) is 24.0 Å². The van der Waals surface area contributed by atoms with Gasteiger partial charge in [0.15, 0.2) is 6.61 Å². The molecule has 178 valence electrons. The number of furan rings is 1. The van der Waals surface area contributed by atoms with Crippen molar-refractivity contribution in [1.82, 2.24) is 4.72 Å². The summed E-state index contributed by atoms with van der Waals surface area (Å²) in [4.78, 5) is 34.9. The van der Waals surface area contributed by atoms with Crippen molar-refractivity contribution in [1.29, 1.82) is 0 Å². The van der Waals surface area contributed by atoms with Crippen LogP contribution >= 0.6 is 0 Å². The third kappa shape index (κ3) is 6.05. The predicted octanol–water partition coefficient (Wildman–Crippen LogP) is 3.08. The van der Waals surface area contributed by atoms with E-state index in [1.165, 1.54) is 42.7 Å². The summed E-state index contributed by atoms with van der Waals surface area (Å²) in [6.07, 6.45) is 1.42. The molecular weight excluding hydrogens is 466 g/mol. The fourth-order valence-corrected chi connectivity index (χ4v) is 3.88. The molecule has 3 rings (SSSR count). The second kappa shape index (κ2) is 10.3. The molecule has 34 heavy (non-hydrogen) atoms. The van der Waals surface area contributed by atoms with E-state index in [4.69, 9.17) is 9.15 Å². The third-order valence-electron chi connectivity index (χ3n) is 4.83. The molecule has 1 heterocycles. The second-order valence-corrected chi connectivity index (χ2v) is 9.03. The number of ether oxygens (including phenoxy) is 1. The van der Waals surface area contributed by atoms with Crippen molar-refractivity contribution in [2.45, 2.75) is 25.3 Å². The van der Waals surface area contributed by atoms with E-state index in [1.54, 1.807) is 26.0 Å². The van der Waals surface area contributed by atoms with E-state index < -0.39 is 33.4 Å². The van der Waals surface area contributed by atoms with Crippen molar-refractivity contribution in [3.8, 4) is 0 Å². The van der Waals surface area contributed by atoms with Gasteiger partial charge in [-0.15, -0.1) is 0 Å². The summed E-state index contributed by atoms with van der Waals surface area (Å²) in [7, 11) is -3.84. The minimum Gasteiger partial charge on any atom is -0.468 e. The van der Waals surface area contributed by atoms with E-state index >= 15 is 0 Å². The summed E-state index contributed by atoms with van der Waals surface area (Å²) in [5.74, 6) is -1.19. The van der Waals surface area contributed by atoms with Crippen LogP contribution in [-0.2, 0) is 26.1 Å². The molecule has 11 nitrogen and oxygen atoms in total. The lowest BCUT2D eigenvalue weighted by molar-refractivity contribution is -0.384. The highest BCUT2D eigenvalue weighted by atomic mass is 32.2. The quantitative estimate of drug-likeness (QED) is 0.265. The number of esters is 1. The Morgan fingerprint density at radius 2 is 1.76 bits per heavy atom. The molecule has 3 aromatic rings. The van der Waals surface area contributed by atoms with E-state index in [-0.39, 0.29) is 28.4 Å². The van der Waals surface area contributed by atoms with Gasteiger partial charge in [-0.25, -0.2) is 17.9 Å². The summed E-state index contributed by atoms with van der Waals surface area (Å²) in [5, 5.41) is 13.6. The lowest BCUT2D eigenvalue weighted by atomic mass is 10.1. The molecule has 0 radical (unpaired) electrons. The molecule has 2 N–H and O–H groups in total. The Labute approximate surface area is 194 Å². The number of amides is 1. The van der Waals surface area contributed by atoms with Gasteiger partial charge in [-0.05, 0) is 67.4 Å². The number of rotatable bonds is 9. The van der Waals surface area contributed by atoms with Gasteiger partial charge in [-0.1, -0.05) is 0 Å². The number of sulfonamides is 1. The Morgan fingerprint density at radius 3 is 2.38 bits per heavy atom. The van der Waals surface area contributed by atoms with Crippen LogP contribution in [0.15, 0.2) is 64.1 Å². The van der Waals surface area contributed by atoms with Crippen molar-refractivity contribution in [3.05, 3.63) is 87.4 Å². The zero-order chi connectivity index (χ0) is 24.9. The first-order chi connectivity index (χ1) is 16.1. The highest BCUT2D eigenvalue weighted by Gasteiger charge is 2.19. The minimum absolute atomic E-state index is 0.00856. The van der Waals surface area contributed by atoms with Gasteiger partial charge in [0.2, 0.25) is 10.0 Å². The van der Waals surface area contributed by atoms with Gasteiger partial charge >= 0.3 is 5.97 Å². The SMILES string of the molecule is Cc1cc(NC(=O)COC(=O)c2ccc(S(=O)(=O)NCc3ccco3)cc2)c([N+](=O)[O-])cc1C. The van der Waals surface area contributed by atoms with Gasteiger partial charge < -0.3 is 14.5 Å². The molecule has 0 saturated carbocycles. The largest absolute Gasteiger partial charge is 0.468 e. The van der Waals surface area contributed by atoms with E-state index in [2.05, 4.69) is 10.0 Å².